The van der Waals surface area contributed by atoms with Gasteiger partial charge in [-0.2, -0.15) is 0 Å². The molecular formula is C21H35N3O. The van der Waals surface area contributed by atoms with Crippen LogP contribution in [0, 0.1) is 0 Å². The molecule has 2 atom stereocenters. The van der Waals surface area contributed by atoms with Crippen LogP contribution in [0.15, 0.2) is 24.3 Å². The van der Waals surface area contributed by atoms with Gasteiger partial charge >= 0.3 is 0 Å². The van der Waals surface area contributed by atoms with Gasteiger partial charge in [-0.25, -0.2) is 0 Å². The second-order valence-corrected chi connectivity index (χ2v) is 7.49. The van der Waals surface area contributed by atoms with Crippen LogP contribution >= 0.6 is 0 Å². The van der Waals surface area contributed by atoms with E-state index in [4.69, 9.17) is 4.74 Å². The minimum absolute atomic E-state index is 0.415. The number of hydrogen-bond acceptors (Lipinski definition) is 4. The second-order valence-electron chi connectivity index (χ2n) is 7.49. The molecule has 2 heterocycles. The predicted molar refractivity (Wildman–Crippen MR) is 104 cm³/mol. The standard InChI is InChI=1S/C21H35N3O/c1-3-25-21-11-7-6-10-19(21)20(24-15-12-22-16-18(24)2)17-23-13-8-4-5-9-14-23/h6-7,10-11,18,20,22H,3-5,8-9,12-17H2,1-2H3. The molecule has 2 aliphatic heterocycles. The normalized spacial score (nSPS) is 24.6. The van der Waals surface area contributed by atoms with Crippen molar-refractivity contribution in [3.8, 4) is 5.75 Å². The highest BCUT2D eigenvalue weighted by molar-refractivity contribution is 5.36. The Morgan fingerprint density at radius 1 is 1.12 bits per heavy atom. The highest BCUT2D eigenvalue weighted by Gasteiger charge is 2.30. The molecule has 0 bridgehead atoms. The van der Waals surface area contributed by atoms with Crippen LogP contribution in [0.1, 0.15) is 51.1 Å². The topological polar surface area (TPSA) is 27.7 Å². The summed E-state index contributed by atoms with van der Waals surface area (Å²) < 4.78 is 6.00. The number of piperazine rings is 1. The van der Waals surface area contributed by atoms with Crippen molar-refractivity contribution in [3.05, 3.63) is 29.8 Å². The third-order valence-corrected chi connectivity index (χ3v) is 5.66. The summed E-state index contributed by atoms with van der Waals surface area (Å²) in [7, 11) is 0. The van der Waals surface area contributed by atoms with Crippen molar-refractivity contribution in [3.63, 3.8) is 0 Å². The molecule has 1 N–H and O–H groups in total. The average molecular weight is 346 g/mol. The largest absolute Gasteiger partial charge is 0.494 e. The predicted octanol–water partition coefficient (Wildman–Crippen LogP) is 3.30. The fraction of sp³-hybridized carbons (Fsp3) is 0.714. The molecule has 3 rings (SSSR count). The Hall–Kier alpha value is -1.10. The van der Waals surface area contributed by atoms with Gasteiger partial charge in [-0.15, -0.1) is 0 Å². The highest BCUT2D eigenvalue weighted by atomic mass is 16.5. The van der Waals surface area contributed by atoms with E-state index >= 15 is 0 Å². The summed E-state index contributed by atoms with van der Waals surface area (Å²) >= 11 is 0. The van der Waals surface area contributed by atoms with E-state index in [9.17, 15) is 0 Å². The molecule has 2 saturated heterocycles. The van der Waals surface area contributed by atoms with E-state index < -0.39 is 0 Å². The number of ether oxygens (including phenoxy) is 1. The van der Waals surface area contributed by atoms with Crippen LogP contribution in [0.25, 0.3) is 0 Å². The van der Waals surface area contributed by atoms with Crippen molar-refractivity contribution in [2.75, 3.05) is 45.9 Å². The summed E-state index contributed by atoms with van der Waals surface area (Å²) in [5.41, 5.74) is 1.36. The SMILES string of the molecule is CCOc1ccccc1C(CN1CCCCCC1)N1CCNCC1C. The molecule has 0 aliphatic carbocycles. The Morgan fingerprint density at radius 3 is 2.60 bits per heavy atom. The van der Waals surface area contributed by atoms with Gasteiger partial charge < -0.3 is 15.0 Å². The summed E-state index contributed by atoms with van der Waals surface area (Å²) in [6.07, 6.45) is 5.47. The van der Waals surface area contributed by atoms with Crippen molar-refractivity contribution >= 4 is 0 Å². The maximum absolute atomic E-state index is 6.00. The first-order valence-corrected chi connectivity index (χ1v) is 10.2. The van der Waals surface area contributed by atoms with Crippen molar-refractivity contribution in [2.45, 2.75) is 51.6 Å². The van der Waals surface area contributed by atoms with Crippen LogP contribution in [-0.2, 0) is 0 Å². The van der Waals surface area contributed by atoms with Gasteiger partial charge in [0.05, 0.1) is 12.6 Å². The average Bonchev–Trinajstić information content (AvgIpc) is 2.90. The lowest BCUT2D eigenvalue weighted by Gasteiger charge is -2.42. The van der Waals surface area contributed by atoms with Crippen LogP contribution in [-0.4, -0.2) is 61.7 Å². The first kappa shape index (κ1) is 18.7. The van der Waals surface area contributed by atoms with E-state index in [1.807, 2.05) is 0 Å². The molecule has 1 aromatic carbocycles. The van der Waals surface area contributed by atoms with Crippen LogP contribution in [0.4, 0.5) is 0 Å². The van der Waals surface area contributed by atoms with Gasteiger partial charge in [-0.05, 0) is 45.8 Å². The van der Waals surface area contributed by atoms with Crippen molar-refractivity contribution in [2.24, 2.45) is 0 Å². The smallest absolute Gasteiger partial charge is 0.124 e. The second kappa shape index (κ2) is 9.56. The minimum atomic E-state index is 0.415. The van der Waals surface area contributed by atoms with E-state index in [-0.39, 0.29) is 0 Å². The third kappa shape index (κ3) is 4.96. The molecule has 25 heavy (non-hydrogen) atoms. The van der Waals surface area contributed by atoms with Crippen molar-refractivity contribution < 1.29 is 4.74 Å². The molecule has 4 heteroatoms. The van der Waals surface area contributed by atoms with Crippen LogP contribution in [0.3, 0.4) is 0 Å². The number of para-hydroxylation sites is 1. The lowest BCUT2D eigenvalue weighted by Crippen LogP contribution is -2.53. The van der Waals surface area contributed by atoms with Gasteiger partial charge in [0, 0.05) is 37.8 Å². The van der Waals surface area contributed by atoms with E-state index in [1.165, 1.54) is 44.3 Å². The lowest BCUT2D eigenvalue weighted by molar-refractivity contribution is 0.0832. The molecule has 0 aromatic heterocycles. The summed E-state index contributed by atoms with van der Waals surface area (Å²) in [5, 5.41) is 3.54. The Morgan fingerprint density at radius 2 is 1.88 bits per heavy atom. The number of nitrogens with one attached hydrogen (secondary N) is 1. The monoisotopic (exact) mass is 345 g/mol. The summed E-state index contributed by atoms with van der Waals surface area (Å²) in [6, 6.07) is 9.65. The van der Waals surface area contributed by atoms with Crippen LogP contribution < -0.4 is 10.1 Å². The molecule has 4 nitrogen and oxygen atoms in total. The molecule has 2 fully saturated rings. The van der Waals surface area contributed by atoms with Gasteiger partial charge in [-0.3, -0.25) is 4.90 Å². The fourth-order valence-corrected chi connectivity index (χ4v) is 4.31. The van der Waals surface area contributed by atoms with Gasteiger partial charge in [0.2, 0.25) is 0 Å². The molecule has 0 saturated carbocycles. The lowest BCUT2D eigenvalue weighted by atomic mass is 10.00. The minimum Gasteiger partial charge on any atom is -0.494 e. The van der Waals surface area contributed by atoms with Gasteiger partial charge in [-0.1, -0.05) is 31.0 Å². The first-order valence-electron chi connectivity index (χ1n) is 10.2. The Bertz CT molecular complexity index is 514. The van der Waals surface area contributed by atoms with E-state index in [1.54, 1.807) is 0 Å². The van der Waals surface area contributed by atoms with E-state index in [0.29, 0.717) is 12.1 Å². The van der Waals surface area contributed by atoms with Crippen molar-refractivity contribution in [1.82, 2.24) is 15.1 Å². The summed E-state index contributed by atoms with van der Waals surface area (Å²) in [4.78, 5) is 5.38. The summed E-state index contributed by atoms with van der Waals surface area (Å²) in [6.45, 7) is 12.0. The molecule has 2 aliphatic rings. The maximum Gasteiger partial charge on any atom is 0.124 e. The fourth-order valence-electron chi connectivity index (χ4n) is 4.31. The zero-order valence-corrected chi connectivity index (χ0v) is 16.0. The van der Waals surface area contributed by atoms with Gasteiger partial charge in [0.1, 0.15) is 5.75 Å². The molecular weight excluding hydrogens is 310 g/mol. The number of likely N-dealkylation sites (tertiary alicyclic amines) is 1. The van der Waals surface area contributed by atoms with E-state index in [2.05, 4.69) is 53.2 Å². The molecule has 0 amide bonds. The first-order chi connectivity index (χ1) is 12.3. The highest BCUT2D eigenvalue weighted by Crippen LogP contribution is 2.32. The molecule has 2 unspecified atom stereocenters. The Balaban J connectivity index is 1.85. The number of benzene rings is 1. The van der Waals surface area contributed by atoms with Gasteiger partial charge in [0.25, 0.3) is 0 Å². The molecule has 0 spiro atoms. The van der Waals surface area contributed by atoms with E-state index in [0.717, 1.165) is 38.5 Å². The number of hydrogen-bond donors (Lipinski definition) is 1. The summed E-state index contributed by atoms with van der Waals surface area (Å²) in [5.74, 6) is 1.07. The molecule has 0 radical (unpaired) electrons. The zero-order valence-electron chi connectivity index (χ0n) is 16.0. The third-order valence-electron chi connectivity index (χ3n) is 5.66. The van der Waals surface area contributed by atoms with Gasteiger partial charge in [0.15, 0.2) is 0 Å². The van der Waals surface area contributed by atoms with Crippen LogP contribution in [0.5, 0.6) is 5.75 Å². The number of nitrogens with zero attached hydrogens (tertiary/aromatic N) is 2. The Kier molecular flexibility index (Phi) is 7.14. The Labute approximate surface area is 153 Å². The van der Waals surface area contributed by atoms with Crippen LogP contribution in [0.2, 0.25) is 0 Å². The van der Waals surface area contributed by atoms with Crippen molar-refractivity contribution in [1.29, 1.82) is 0 Å². The zero-order chi connectivity index (χ0) is 17.5. The maximum atomic E-state index is 6.00. The quantitative estimate of drug-likeness (QED) is 0.856. The number of rotatable bonds is 6. The molecule has 140 valence electrons. The molecule has 1 aromatic rings.